The summed E-state index contributed by atoms with van der Waals surface area (Å²) in [5, 5.41) is 24.0. The lowest BCUT2D eigenvalue weighted by molar-refractivity contribution is 0.174. The van der Waals surface area contributed by atoms with E-state index in [0.717, 1.165) is 70.7 Å². The number of likely N-dealkylation sites (tertiary alicyclic amines) is 1. The predicted molar refractivity (Wildman–Crippen MR) is 134 cm³/mol. The summed E-state index contributed by atoms with van der Waals surface area (Å²) in [6.07, 6.45) is 11.6. The second-order valence-electron chi connectivity index (χ2n) is 8.67. The van der Waals surface area contributed by atoms with Gasteiger partial charge in [0.1, 0.15) is 6.07 Å². The number of aliphatic hydroxyl groups is 1. The summed E-state index contributed by atoms with van der Waals surface area (Å²) >= 11 is 0. The molecule has 1 atom stereocenters. The number of benzene rings is 1. The minimum Gasteiger partial charge on any atom is -0.392 e. The Morgan fingerprint density at radius 3 is 2.88 bits per heavy atom. The monoisotopic (exact) mass is 450 g/mol. The van der Waals surface area contributed by atoms with Gasteiger partial charge in [0.05, 0.1) is 23.0 Å². The van der Waals surface area contributed by atoms with E-state index in [-0.39, 0.29) is 6.10 Å². The van der Waals surface area contributed by atoms with Crippen LogP contribution in [0.3, 0.4) is 0 Å². The lowest BCUT2D eigenvalue weighted by Crippen LogP contribution is -2.21. The number of aryl methyl sites for hydroxylation is 1. The van der Waals surface area contributed by atoms with Gasteiger partial charge in [0, 0.05) is 66.6 Å². The fourth-order valence-corrected chi connectivity index (χ4v) is 4.40. The molecule has 7 nitrogen and oxygen atoms in total. The number of β-amino-alcohol motifs (C(OH)–C–C–N with tert-alkyl or cyclic N) is 1. The molecular formula is C27H26N6O. The second-order valence-corrected chi connectivity index (χ2v) is 8.67. The van der Waals surface area contributed by atoms with Crippen LogP contribution in [0.5, 0.6) is 0 Å². The van der Waals surface area contributed by atoms with Crippen molar-refractivity contribution >= 4 is 34.4 Å². The molecule has 0 bridgehead atoms. The van der Waals surface area contributed by atoms with E-state index in [0.29, 0.717) is 5.56 Å². The van der Waals surface area contributed by atoms with Gasteiger partial charge >= 0.3 is 0 Å². The lowest BCUT2D eigenvalue weighted by atomic mass is 10.1. The van der Waals surface area contributed by atoms with Crippen molar-refractivity contribution in [3.8, 4) is 6.07 Å². The summed E-state index contributed by atoms with van der Waals surface area (Å²) in [5.74, 6) is 0. The third-order valence-electron chi connectivity index (χ3n) is 6.29. The highest BCUT2D eigenvalue weighted by molar-refractivity contribution is 5.90. The predicted octanol–water partition coefficient (Wildman–Crippen LogP) is 4.62. The number of aromatic amines is 1. The highest BCUT2D eigenvalue weighted by Gasteiger charge is 2.19. The SMILES string of the molecule is Cc1c(Nc2c(C#N)cncc2/C=C/c2ccc(CN3CCC(O)C3)cn2)ccc2[nH]ccc12. The maximum Gasteiger partial charge on any atom is 0.103 e. The summed E-state index contributed by atoms with van der Waals surface area (Å²) in [6, 6.07) is 12.4. The first kappa shape index (κ1) is 21.8. The zero-order valence-corrected chi connectivity index (χ0v) is 19.0. The van der Waals surface area contributed by atoms with Crippen LogP contribution < -0.4 is 5.32 Å². The van der Waals surface area contributed by atoms with Crippen LogP contribution in [-0.2, 0) is 6.54 Å². The van der Waals surface area contributed by atoms with Crippen LogP contribution in [0.2, 0.25) is 0 Å². The molecule has 1 fully saturated rings. The van der Waals surface area contributed by atoms with Gasteiger partial charge in [0.15, 0.2) is 0 Å². The molecule has 0 saturated carbocycles. The van der Waals surface area contributed by atoms with E-state index in [1.54, 1.807) is 12.4 Å². The highest BCUT2D eigenvalue weighted by Crippen LogP contribution is 2.31. The number of aromatic nitrogens is 3. The van der Waals surface area contributed by atoms with Crippen LogP contribution >= 0.6 is 0 Å². The zero-order valence-electron chi connectivity index (χ0n) is 19.0. The van der Waals surface area contributed by atoms with Crippen LogP contribution in [0.4, 0.5) is 11.4 Å². The molecule has 1 unspecified atom stereocenters. The molecule has 4 aromatic rings. The zero-order chi connectivity index (χ0) is 23.5. The van der Waals surface area contributed by atoms with Gasteiger partial charge in [-0.1, -0.05) is 6.07 Å². The Hall–Kier alpha value is -3.99. The molecule has 1 aromatic carbocycles. The number of anilines is 2. The van der Waals surface area contributed by atoms with Crippen molar-refractivity contribution in [2.24, 2.45) is 0 Å². The maximum atomic E-state index is 9.71. The van der Waals surface area contributed by atoms with Crippen LogP contribution in [0.1, 0.15) is 34.4 Å². The number of nitrogens with zero attached hydrogens (tertiary/aromatic N) is 4. The summed E-state index contributed by atoms with van der Waals surface area (Å²) in [4.78, 5) is 14.3. The van der Waals surface area contributed by atoms with Gasteiger partial charge in [0.2, 0.25) is 0 Å². The van der Waals surface area contributed by atoms with E-state index in [9.17, 15) is 10.4 Å². The number of H-pyrrole nitrogens is 1. The van der Waals surface area contributed by atoms with Crippen LogP contribution in [0.25, 0.3) is 23.1 Å². The van der Waals surface area contributed by atoms with Crippen molar-refractivity contribution in [3.05, 3.63) is 83.1 Å². The van der Waals surface area contributed by atoms with E-state index in [4.69, 9.17) is 0 Å². The number of hydrogen-bond acceptors (Lipinski definition) is 6. The molecule has 0 amide bonds. The number of hydrogen-bond donors (Lipinski definition) is 3. The Bertz CT molecular complexity index is 1380. The second kappa shape index (κ2) is 9.48. The van der Waals surface area contributed by atoms with Gasteiger partial charge in [-0.05, 0) is 60.9 Å². The van der Waals surface area contributed by atoms with E-state index in [1.807, 2.05) is 42.7 Å². The van der Waals surface area contributed by atoms with Crippen molar-refractivity contribution in [3.63, 3.8) is 0 Å². The number of aliphatic hydroxyl groups excluding tert-OH is 1. The first-order valence-corrected chi connectivity index (χ1v) is 11.4. The Morgan fingerprint density at radius 2 is 2.12 bits per heavy atom. The highest BCUT2D eigenvalue weighted by atomic mass is 16.3. The number of nitriles is 1. The van der Waals surface area contributed by atoms with E-state index >= 15 is 0 Å². The van der Waals surface area contributed by atoms with Gasteiger partial charge < -0.3 is 15.4 Å². The molecule has 4 heterocycles. The normalized spacial score (nSPS) is 16.3. The molecule has 0 aliphatic carbocycles. The van der Waals surface area contributed by atoms with E-state index in [2.05, 4.69) is 50.3 Å². The largest absolute Gasteiger partial charge is 0.392 e. The molecule has 5 rings (SSSR count). The molecule has 3 aromatic heterocycles. The lowest BCUT2D eigenvalue weighted by Gasteiger charge is -2.14. The van der Waals surface area contributed by atoms with Crippen molar-refractivity contribution in [1.82, 2.24) is 19.9 Å². The number of fused-ring (bicyclic) bond motifs is 1. The summed E-state index contributed by atoms with van der Waals surface area (Å²) < 4.78 is 0. The van der Waals surface area contributed by atoms with E-state index < -0.39 is 0 Å². The van der Waals surface area contributed by atoms with Crippen molar-refractivity contribution in [2.75, 3.05) is 18.4 Å². The molecule has 1 saturated heterocycles. The van der Waals surface area contributed by atoms with Gasteiger partial charge in [0.25, 0.3) is 0 Å². The van der Waals surface area contributed by atoms with Crippen LogP contribution in [-0.4, -0.2) is 44.2 Å². The summed E-state index contributed by atoms with van der Waals surface area (Å²) in [6.45, 7) is 4.49. The topological polar surface area (TPSA) is 101 Å². The molecule has 0 spiro atoms. The van der Waals surface area contributed by atoms with Gasteiger partial charge in [-0.15, -0.1) is 0 Å². The Kier molecular flexibility index (Phi) is 6.09. The molecule has 170 valence electrons. The maximum absolute atomic E-state index is 9.71. The first-order valence-electron chi connectivity index (χ1n) is 11.4. The smallest absolute Gasteiger partial charge is 0.103 e. The number of rotatable bonds is 6. The van der Waals surface area contributed by atoms with Crippen molar-refractivity contribution < 1.29 is 5.11 Å². The fourth-order valence-electron chi connectivity index (χ4n) is 4.40. The minimum absolute atomic E-state index is 0.218. The molecule has 0 radical (unpaired) electrons. The van der Waals surface area contributed by atoms with E-state index in [1.165, 1.54) is 0 Å². The third kappa shape index (κ3) is 4.55. The minimum atomic E-state index is -0.218. The average Bonchev–Trinajstić information content (AvgIpc) is 3.50. The Balaban J connectivity index is 1.37. The average molecular weight is 451 g/mol. The molecule has 7 heteroatoms. The molecule has 1 aliphatic rings. The quantitative estimate of drug-likeness (QED) is 0.396. The molecule has 1 aliphatic heterocycles. The molecule has 3 N–H and O–H groups in total. The fraction of sp³-hybridized carbons (Fsp3) is 0.222. The summed E-state index contributed by atoms with van der Waals surface area (Å²) in [5.41, 5.74) is 7.08. The molecule has 34 heavy (non-hydrogen) atoms. The number of pyridine rings is 2. The van der Waals surface area contributed by atoms with Crippen molar-refractivity contribution in [1.29, 1.82) is 5.26 Å². The van der Waals surface area contributed by atoms with Crippen LogP contribution in [0, 0.1) is 18.3 Å². The standard InChI is InChI=1S/C27H26N6O/c1-18-24-8-10-30-26(24)7-6-25(18)32-27-20(14-29-15-21(27)12-28)3-5-22-4-2-19(13-31-22)16-33-11-9-23(34)17-33/h2-8,10,13-15,23,30,34H,9,11,16-17H2,1H3,(H,29,32)/b5-3+. The van der Waals surface area contributed by atoms with Crippen molar-refractivity contribution in [2.45, 2.75) is 26.0 Å². The summed E-state index contributed by atoms with van der Waals surface area (Å²) in [7, 11) is 0. The number of nitrogens with one attached hydrogen (secondary N) is 2. The van der Waals surface area contributed by atoms with Gasteiger partial charge in [-0.3, -0.25) is 14.9 Å². The van der Waals surface area contributed by atoms with Crippen LogP contribution in [0.15, 0.2) is 55.1 Å². The van der Waals surface area contributed by atoms with Gasteiger partial charge in [-0.25, -0.2) is 0 Å². The Morgan fingerprint density at radius 1 is 1.21 bits per heavy atom. The molecular weight excluding hydrogens is 424 g/mol. The van der Waals surface area contributed by atoms with Gasteiger partial charge in [-0.2, -0.15) is 5.26 Å². The Labute approximate surface area is 198 Å². The first-order chi connectivity index (χ1) is 16.6. The third-order valence-corrected chi connectivity index (χ3v) is 6.29.